The van der Waals surface area contributed by atoms with Crippen molar-refractivity contribution in [2.24, 2.45) is 0 Å². The fraction of sp³-hybridized carbons (Fsp3) is 0.766. The molecular formula is C64H112O6. The molecule has 6 nitrogen and oxygen atoms in total. The summed E-state index contributed by atoms with van der Waals surface area (Å²) in [6.07, 6.45) is 74.6. The maximum Gasteiger partial charge on any atom is 0.306 e. The highest BCUT2D eigenvalue weighted by Crippen LogP contribution is 2.15. The average Bonchev–Trinajstić information content (AvgIpc) is 3.36. The highest BCUT2D eigenvalue weighted by molar-refractivity contribution is 5.71. The number of ether oxygens (including phenoxy) is 3. The quantitative estimate of drug-likeness (QED) is 0.0261. The maximum absolute atomic E-state index is 12.9. The topological polar surface area (TPSA) is 78.9 Å². The van der Waals surface area contributed by atoms with E-state index < -0.39 is 6.10 Å². The summed E-state index contributed by atoms with van der Waals surface area (Å²) in [6, 6.07) is 0. The van der Waals surface area contributed by atoms with Gasteiger partial charge in [-0.25, -0.2) is 0 Å². The van der Waals surface area contributed by atoms with Crippen LogP contribution in [-0.2, 0) is 28.6 Å². The largest absolute Gasteiger partial charge is 0.462 e. The predicted octanol–water partition coefficient (Wildman–Crippen LogP) is 20.2. The van der Waals surface area contributed by atoms with Crippen LogP contribution in [-0.4, -0.2) is 37.2 Å². The van der Waals surface area contributed by atoms with Crippen molar-refractivity contribution in [2.45, 2.75) is 303 Å². The molecule has 0 aromatic heterocycles. The summed E-state index contributed by atoms with van der Waals surface area (Å²) in [5.41, 5.74) is 0. The van der Waals surface area contributed by atoms with Crippen molar-refractivity contribution in [3.8, 4) is 0 Å². The van der Waals surface area contributed by atoms with Crippen LogP contribution in [0.25, 0.3) is 0 Å². The van der Waals surface area contributed by atoms with Crippen molar-refractivity contribution in [3.05, 3.63) is 72.9 Å². The van der Waals surface area contributed by atoms with Crippen molar-refractivity contribution < 1.29 is 28.6 Å². The van der Waals surface area contributed by atoms with Gasteiger partial charge in [-0.3, -0.25) is 14.4 Å². The Kier molecular flexibility index (Phi) is 55.8. The molecule has 0 aliphatic heterocycles. The highest BCUT2D eigenvalue weighted by Gasteiger charge is 2.19. The number of unbranched alkanes of at least 4 members (excludes halogenated alkanes) is 31. The summed E-state index contributed by atoms with van der Waals surface area (Å²) in [5.74, 6) is -0.895. The first-order chi connectivity index (χ1) is 34.5. The van der Waals surface area contributed by atoms with Gasteiger partial charge in [0, 0.05) is 19.3 Å². The molecule has 1 atom stereocenters. The lowest BCUT2D eigenvalue weighted by Gasteiger charge is -2.18. The zero-order valence-electron chi connectivity index (χ0n) is 46.3. The molecule has 0 N–H and O–H groups in total. The molecule has 0 aromatic rings. The van der Waals surface area contributed by atoms with Crippen molar-refractivity contribution in [1.29, 1.82) is 0 Å². The molecule has 0 saturated heterocycles. The molecule has 0 aromatic carbocycles. The maximum atomic E-state index is 12.9. The molecule has 0 saturated carbocycles. The second-order valence-electron chi connectivity index (χ2n) is 19.9. The molecule has 0 aliphatic rings. The number of esters is 3. The minimum atomic E-state index is -0.787. The zero-order valence-corrected chi connectivity index (χ0v) is 46.3. The van der Waals surface area contributed by atoms with E-state index in [1.54, 1.807) is 0 Å². The SMILES string of the molecule is CC/C=C\C/C=C\C/C=C\CCCCCCCCCC(=O)OC(COC(=O)CCCCCCCCC/C=C\C/C=C\CCCCCC)COC(=O)CCCCCCCCC/C=C\CCCCCCCC. The van der Waals surface area contributed by atoms with Gasteiger partial charge in [0.2, 0.25) is 0 Å². The normalized spacial score (nSPS) is 12.6. The third-order valence-corrected chi connectivity index (χ3v) is 12.9. The predicted molar refractivity (Wildman–Crippen MR) is 302 cm³/mol. The second-order valence-corrected chi connectivity index (χ2v) is 19.9. The van der Waals surface area contributed by atoms with Crippen LogP contribution >= 0.6 is 0 Å². The average molecular weight is 978 g/mol. The first-order valence-corrected chi connectivity index (χ1v) is 29.9. The van der Waals surface area contributed by atoms with Crippen LogP contribution in [0.15, 0.2) is 72.9 Å². The van der Waals surface area contributed by atoms with Crippen LogP contribution < -0.4 is 0 Å². The van der Waals surface area contributed by atoms with E-state index in [-0.39, 0.29) is 31.1 Å². The van der Waals surface area contributed by atoms with Gasteiger partial charge in [-0.15, -0.1) is 0 Å². The van der Waals surface area contributed by atoms with E-state index in [0.29, 0.717) is 19.3 Å². The molecule has 0 aliphatic carbocycles. The smallest absolute Gasteiger partial charge is 0.306 e. The van der Waals surface area contributed by atoms with E-state index in [2.05, 4.69) is 93.7 Å². The second kappa shape index (κ2) is 58.4. The van der Waals surface area contributed by atoms with E-state index in [4.69, 9.17) is 14.2 Å². The number of allylic oxidation sites excluding steroid dienone is 12. The molecule has 0 rings (SSSR count). The Bertz CT molecular complexity index is 1310. The minimum absolute atomic E-state index is 0.0835. The minimum Gasteiger partial charge on any atom is -0.462 e. The van der Waals surface area contributed by atoms with Crippen LogP contribution in [0.2, 0.25) is 0 Å². The standard InChI is InChI=1S/C64H112O6/c1-4-7-10-13-16-19-22-25-28-31-34-36-39-42-45-48-51-54-57-63(66)69-60-61(70-64(67)58-55-52-49-46-43-40-37-33-30-27-24-21-18-15-12-9-6-3)59-68-62(65)56-53-50-47-44-41-38-35-32-29-26-23-20-17-14-11-8-5-2/h9,12,18-19,21-22,26-31,61H,4-8,10-11,13-17,20,23-25,32-60H2,1-3H3/b12-9-,21-18-,22-19-,29-26-,30-27-,31-28-. The Morgan fingerprint density at radius 2 is 0.557 bits per heavy atom. The summed E-state index contributed by atoms with van der Waals surface area (Å²) in [4.78, 5) is 38.2. The lowest BCUT2D eigenvalue weighted by atomic mass is 10.1. The van der Waals surface area contributed by atoms with Crippen LogP contribution in [0, 0.1) is 0 Å². The van der Waals surface area contributed by atoms with E-state index in [1.807, 2.05) is 0 Å². The van der Waals surface area contributed by atoms with Crippen molar-refractivity contribution >= 4 is 17.9 Å². The molecule has 0 fully saturated rings. The molecule has 0 radical (unpaired) electrons. The summed E-state index contributed by atoms with van der Waals surface area (Å²) in [7, 11) is 0. The monoisotopic (exact) mass is 977 g/mol. The lowest BCUT2D eigenvalue weighted by Crippen LogP contribution is -2.30. The van der Waals surface area contributed by atoms with Gasteiger partial charge in [-0.1, -0.05) is 241 Å². The van der Waals surface area contributed by atoms with Gasteiger partial charge in [0.1, 0.15) is 13.2 Å². The zero-order chi connectivity index (χ0) is 50.7. The summed E-state index contributed by atoms with van der Waals surface area (Å²) in [5, 5.41) is 0. The van der Waals surface area contributed by atoms with E-state index >= 15 is 0 Å². The van der Waals surface area contributed by atoms with Crippen LogP contribution in [0.1, 0.15) is 297 Å². The van der Waals surface area contributed by atoms with Crippen molar-refractivity contribution in [3.63, 3.8) is 0 Å². The highest BCUT2D eigenvalue weighted by atomic mass is 16.6. The summed E-state index contributed by atoms with van der Waals surface area (Å²) in [6.45, 7) is 6.52. The van der Waals surface area contributed by atoms with Crippen LogP contribution in [0.4, 0.5) is 0 Å². The fourth-order valence-electron chi connectivity index (χ4n) is 8.42. The van der Waals surface area contributed by atoms with Gasteiger partial charge < -0.3 is 14.2 Å². The molecule has 0 amide bonds. The third-order valence-electron chi connectivity index (χ3n) is 12.9. The van der Waals surface area contributed by atoms with Crippen molar-refractivity contribution in [2.75, 3.05) is 13.2 Å². The van der Waals surface area contributed by atoms with Gasteiger partial charge in [0.25, 0.3) is 0 Å². The molecule has 6 heteroatoms. The lowest BCUT2D eigenvalue weighted by molar-refractivity contribution is -0.167. The third kappa shape index (κ3) is 55.8. The molecule has 0 bridgehead atoms. The molecule has 1 unspecified atom stereocenters. The number of hydrogen-bond acceptors (Lipinski definition) is 6. The summed E-state index contributed by atoms with van der Waals surface area (Å²) < 4.78 is 16.9. The van der Waals surface area contributed by atoms with Gasteiger partial charge in [0.05, 0.1) is 0 Å². The molecular weight excluding hydrogens is 865 g/mol. The van der Waals surface area contributed by atoms with Gasteiger partial charge in [-0.05, 0) is 109 Å². The Balaban J connectivity index is 4.41. The Morgan fingerprint density at radius 1 is 0.300 bits per heavy atom. The van der Waals surface area contributed by atoms with E-state index in [1.165, 1.54) is 161 Å². The molecule has 70 heavy (non-hydrogen) atoms. The van der Waals surface area contributed by atoms with Gasteiger partial charge in [0.15, 0.2) is 6.10 Å². The number of carbonyl (C=O) groups excluding carboxylic acids is 3. The summed E-state index contributed by atoms with van der Waals surface area (Å²) >= 11 is 0. The first kappa shape index (κ1) is 66.9. The van der Waals surface area contributed by atoms with E-state index in [9.17, 15) is 14.4 Å². The fourth-order valence-corrected chi connectivity index (χ4v) is 8.42. The number of hydrogen-bond donors (Lipinski definition) is 0. The number of rotatable bonds is 54. The Labute approximate surface area is 433 Å². The molecule has 0 heterocycles. The number of carbonyl (C=O) groups is 3. The van der Waals surface area contributed by atoms with Crippen molar-refractivity contribution in [1.82, 2.24) is 0 Å². The first-order valence-electron chi connectivity index (χ1n) is 29.9. The Morgan fingerprint density at radius 3 is 0.900 bits per heavy atom. The molecule has 404 valence electrons. The Hall–Kier alpha value is -3.15. The van der Waals surface area contributed by atoms with Gasteiger partial charge in [-0.2, -0.15) is 0 Å². The van der Waals surface area contributed by atoms with E-state index in [0.717, 1.165) is 96.3 Å². The van der Waals surface area contributed by atoms with Gasteiger partial charge >= 0.3 is 17.9 Å². The van der Waals surface area contributed by atoms with Crippen LogP contribution in [0.5, 0.6) is 0 Å². The van der Waals surface area contributed by atoms with Crippen LogP contribution in [0.3, 0.4) is 0 Å². The molecule has 0 spiro atoms.